The van der Waals surface area contributed by atoms with Crippen molar-refractivity contribution in [2.45, 2.75) is 88.4 Å². The molecule has 40 heavy (non-hydrogen) atoms. The smallest absolute Gasteiger partial charge is 0.352 e. The lowest BCUT2D eigenvalue weighted by molar-refractivity contribution is -0.176. The number of piperidine rings is 1. The summed E-state index contributed by atoms with van der Waals surface area (Å²) < 4.78 is 22.0. The summed E-state index contributed by atoms with van der Waals surface area (Å²) in [4.78, 5) is 50.9. The Hall–Kier alpha value is -3.64. The van der Waals surface area contributed by atoms with Crippen molar-refractivity contribution in [3.8, 4) is 11.5 Å². The van der Waals surface area contributed by atoms with Crippen LogP contribution in [0.3, 0.4) is 0 Å². The molecule has 5 unspecified atom stereocenters. The first-order chi connectivity index (χ1) is 18.8. The van der Waals surface area contributed by atoms with Gasteiger partial charge in [0.05, 0.1) is 11.0 Å². The van der Waals surface area contributed by atoms with Gasteiger partial charge in [0.2, 0.25) is 0 Å². The highest BCUT2D eigenvalue weighted by Crippen LogP contribution is 2.65. The maximum absolute atomic E-state index is 13.1. The summed E-state index contributed by atoms with van der Waals surface area (Å²) in [5.74, 6) is -2.66. The minimum absolute atomic E-state index is 0.0470. The number of likely N-dealkylation sites (N-methyl/N-ethyl adjacent to an activating group) is 1. The van der Waals surface area contributed by atoms with Crippen LogP contribution in [0.25, 0.3) is 0 Å². The van der Waals surface area contributed by atoms with Gasteiger partial charge in [0, 0.05) is 24.9 Å². The van der Waals surface area contributed by atoms with Gasteiger partial charge >= 0.3 is 17.9 Å². The predicted octanol–water partition coefficient (Wildman–Crippen LogP) is 0.601. The molecule has 5 rings (SSSR count). The molecule has 3 N–H and O–H groups in total. The maximum atomic E-state index is 13.1. The summed E-state index contributed by atoms with van der Waals surface area (Å²) in [5.41, 5.74) is -0.391. The molecule has 2 aliphatic carbocycles. The lowest BCUT2D eigenvalue weighted by Gasteiger charge is -2.61. The number of phenols is 1. The number of nitrogens with one attached hydrogen (secondary N) is 1. The van der Waals surface area contributed by atoms with Gasteiger partial charge in [-0.05, 0) is 64.9 Å². The molecule has 1 amide bonds. The van der Waals surface area contributed by atoms with Crippen molar-refractivity contribution in [1.29, 1.82) is 0 Å². The third-order valence-electron chi connectivity index (χ3n) is 8.62. The molecular weight excluding hydrogens is 524 g/mol. The normalized spacial score (nSPS) is 30.0. The number of carbonyl (C=O) groups excluding carboxylic acids is 4. The number of aromatic hydroxyl groups is 1. The van der Waals surface area contributed by atoms with Crippen LogP contribution in [-0.4, -0.2) is 88.5 Å². The Morgan fingerprint density at radius 1 is 1.12 bits per heavy atom. The van der Waals surface area contributed by atoms with Gasteiger partial charge in [0.1, 0.15) is 11.8 Å². The number of ether oxygens (including phenoxy) is 4. The molecule has 0 radical (unpaired) electrons. The number of hydrogen-bond acceptors (Lipinski definition) is 11. The number of nitrogens with zero attached hydrogens (tertiary/aromatic N) is 1. The van der Waals surface area contributed by atoms with Crippen LogP contribution in [0.5, 0.6) is 11.5 Å². The Morgan fingerprint density at radius 3 is 2.55 bits per heavy atom. The fourth-order valence-corrected chi connectivity index (χ4v) is 6.65. The van der Waals surface area contributed by atoms with E-state index in [1.807, 2.05) is 13.1 Å². The molecule has 0 aromatic heterocycles. The molecule has 12 heteroatoms. The molecule has 2 heterocycles. The van der Waals surface area contributed by atoms with Gasteiger partial charge in [-0.1, -0.05) is 6.07 Å². The topological polar surface area (TPSA) is 161 Å². The minimum atomic E-state index is -1.33. The van der Waals surface area contributed by atoms with Gasteiger partial charge in [-0.2, -0.15) is 0 Å². The third kappa shape index (κ3) is 4.12. The van der Waals surface area contributed by atoms with Crippen LogP contribution in [0.1, 0.15) is 51.7 Å². The highest BCUT2D eigenvalue weighted by molar-refractivity contribution is 5.88. The number of rotatable bonds is 7. The summed E-state index contributed by atoms with van der Waals surface area (Å²) in [7, 11) is 1.97. The van der Waals surface area contributed by atoms with E-state index in [1.165, 1.54) is 20.8 Å². The SMILES string of the molecule is CC(=O)O[C@@H](C)C(=O)N[C@@H](C)C(=O)OC(C)C(=O)OC1=CCC2(O)C3Cc4ccc(O)c5c4C2(CCN3C)C1O5. The Balaban J connectivity index is 1.31. The summed E-state index contributed by atoms with van der Waals surface area (Å²) in [6, 6.07) is 2.11. The van der Waals surface area contributed by atoms with Crippen LogP contribution in [-0.2, 0) is 45.2 Å². The summed E-state index contributed by atoms with van der Waals surface area (Å²) in [5, 5.41) is 25.2. The highest BCUT2D eigenvalue weighted by Gasteiger charge is 2.72. The third-order valence-corrected chi connectivity index (χ3v) is 8.62. The number of amides is 1. The Labute approximate surface area is 231 Å². The predicted molar refractivity (Wildman–Crippen MR) is 137 cm³/mol. The van der Waals surface area contributed by atoms with Gasteiger partial charge < -0.3 is 39.4 Å². The number of phenolic OH excluding ortho intramolecular Hbond substituents is 1. The van der Waals surface area contributed by atoms with Crippen molar-refractivity contribution in [1.82, 2.24) is 10.2 Å². The molecule has 0 saturated carbocycles. The van der Waals surface area contributed by atoms with Gasteiger partial charge in [-0.3, -0.25) is 9.59 Å². The van der Waals surface area contributed by atoms with Crippen molar-refractivity contribution < 1.29 is 48.3 Å². The van der Waals surface area contributed by atoms with E-state index in [0.29, 0.717) is 25.1 Å². The van der Waals surface area contributed by atoms with E-state index >= 15 is 0 Å². The first-order valence-electron chi connectivity index (χ1n) is 13.3. The van der Waals surface area contributed by atoms with Crippen molar-refractivity contribution in [2.24, 2.45) is 0 Å². The molecule has 1 aromatic rings. The van der Waals surface area contributed by atoms with Gasteiger partial charge in [-0.15, -0.1) is 0 Å². The average Bonchev–Trinajstić information content (AvgIpc) is 3.24. The highest BCUT2D eigenvalue weighted by atomic mass is 16.6. The van der Waals surface area contributed by atoms with Crippen LogP contribution in [0.4, 0.5) is 0 Å². The van der Waals surface area contributed by atoms with Crippen molar-refractivity contribution in [2.75, 3.05) is 13.6 Å². The van der Waals surface area contributed by atoms with E-state index in [-0.39, 0.29) is 24.0 Å². The maximum Gasteiger partial charge on any atom is 0.352 e. The summed E-state index contributed by atoms with van der Waals surface area (Å²) in [6.45, 7) is 5.91. The van der Waals surface area contributed by atoms with E-state index in [9.17, 15) is 29.4 Å². The van der Waals surface area contributed by atoms with Crippen LogP contribution in [0.15, 0.2) is 24.0 Å². The average molecular weight is 559 g/mol. The summed E-state index contributed by atoms with van der Waals surface area (Å²) >= 11 is 0. The standard InChI is InChI=1S/C28H34N2O10/c1-13(29-24(33)14(2)37-16(4)31)25(34)38-15(3)26(35)39-19-8-9-28(36)20-12-17-6-7-18(32)22-21(17)27(28,23(19)40-22)10-11-30(20)5/h6-8,13-15,20,23,32,36H,9-12H2,1-5H3,(H,29,33)/t13-,14-,15?,20?,23?,27?,28?/m0/s1. The van der Waals surface area contributed by atoms with Crippen molar-refractivity contribution >= 4 is 23.8 Å². The minimum Gasteiger partial charge on any atom is -0.504 e. The second-order valence-electron chi connectivity index (χ2n) is 11.1. The van der Waals surface area contributed by atoms with E-state index in [4.69, 9.17) is 18.9 Å². The Bertz CT molecular complexity index is 1310. The van der Waals surface area contributed by atoms with Crippen molar-refractivity contribution in [3.63, 3.8) is 0 Å². The first kappa shape index (κ1) is 27.9. The van der Waals surface area contributed by atoms with Crippen LogP contribution in [0.2, 0.25) is 0 Å². The molecule has 1 spiro atoms. The lowest BCUT2D eigenvalue weighted by Crippen LogP contribution is -2.74. The second kappa shape index (κ2) is 9.77. The molecule has 1 fully saturated rings. The Morgan fingerprint density at radius 2 is 1.85 bits per heavy atom. The molecule has 216 valence electrons. The molecule has 7 atom stereocenters. The quantitative estimate of drug-likeness (QED) is 0.318. The van der Waals surface area contributed by atoms with Gasteiger partial charge in [0.15, 0.2) is 29.8 Å². The molecular formula is C28H34N2O10. The molecule has 4 aliphatic rings. The molecule has 12 nitrogen and oxygen atoms in total. The Kier molecular flexibility index (Phi) is 6.82. The number of esters is 3. The number of benzene rings is 1. The molecule has 1 aromatic carbocycles. The zero-order valence-electron chi connectivity index (χ0n) is 23.1. The number of aliphatic hydroxyl groups is 1. The zero-order valence-corrected chi connectivity index (χ0v) is 23.1. The largest absolute Gasteiger partial charge is 0.504 e. The van der Waals surface area contributed by atoms with Crippen LogP contribution in [0, 0.1) is 0 Å². The molecule has 2 aliphatic heterocycles. The first-order valence-corrected chi connectivity index (χ1v) is 13.3. The summed E-state index contributed by atoms with van der Waals surface area (Å²) in [6.07, 6.45) is -0.351. The molecule has 2 bridgehead atoms. The van der Waals surface area contributed by atoms with E-state index in [1.54, 1.807) is 12.1 Å². The number of carbonyl (C=O) groups is 4. The van der Waals surface area contributed by atoms with Gasteiger partial charge in [-0.25, -0.2) is 9.59 Å². The fourth-order valence-electron chi connectivity index (χ4n) is 6.65. The lowest BCUT2D eigenvalue weighted by atomic mass is 9.50. The van der Waals surface area contributed by atoms with Crippen LogP contribution >= 0.6 is 0 Å². The monoisotopic (exact) mass is 558 g/mol. The zero-order chi connectivity index (χ0) is 29.1. The number of hydrogen-bond donors (Lipinski definition) is 3. The second-order valence-corrected chi connectivity index (χ2v) is 11.1. The van der Waals surface area contributed by atoms with E-state index in [0.717, 1.165) is 18.1 Å². The molecule has 1 saturated heterocycles. The van der Waals surface area contributed by atoms with Crippen LogP contribution < -0.4 is 10.1 Å². The van der Waals surface area contributed by atoms with E-state index < -0.39 is 59.2 Å². The van der Waals surface area contributed by atoms with E-state index in [2.05, 4.69) is 10.2 Å². The van der Waals surface area contributed by atoms with Gasteiger partial charge in [0.25, 0.3) is 5.91 Å². The fraction of sp³-hybridized carbons (Fsp3) is 0.571. The van der Waals surface area contributed by atoms with Crippen molar-refractivity contribution in [3.05, 3.63) is 35.1 Å². The number of likely N-dealkylation sites (tertiary alicyclic amines) is 1.